The van der Waals surface area contributed by atoms with E-state index in [1.54, 1.807) is 0 Å². The Bertz CT molecular complexity index is 1230. The second-order valence-corrected chi connectivity index (χ2v) is 9.92. The predicted molar refractivity (Wildman–Crippen MR) is 125 cm³/mol. The van der Waals surface area contributed by atoms with E-state index < -0.39 is 23.3 Å². The molecule has 0 amide bonds. The second-order valence-electron chi connectivity index (χ2n) is 6.50. The van der Waals surface area contributed by atoms with Gasteiger partial charge in [0.05, 0.1) is 0 Å². The Morgan fingerprint density at radius 1 is 0.367 bits per heavy atom. The number of hydrogen-bond acceptors (Lipinski definition) is 0. The third-order valence-corrected chi connectivity index (χ3v) is 7.24. The van der Waals surface area contributed by atoms with Gasteiger partial charge in [-0.15, -0.1) is 0 Å². The monoisotopic (exact) mass is 664 g/mol. The summed E-state index contributed by atoms with van der Waals surface area (Å²) in [7, 11) is 0. The summed E-state index contributed by atoms with van der Waals surface area (Å²) in [4.78, 5) is 0. The summed E-state index contributed by atoms with van der Waals surface area (Å²) < 4.78 is 56.8. The highest BCUT2D eigenvalue weighted by molar-refractivity contribution is 9.11. The van der Waals surface area contributed by atoms with Crippen molar-refractivity contribution in [2.45, 2.75) is 0 Å². The molecule has 0 aromatic heterocycles. The van der Waals surface area contributed by atoms with Crippen molar-refractivity contribution < 1.29 is 17.6 Å². The van der Waals surface area contributed by atoms with Crippen LogP contribution in [0.2, 0.25) is 0 Å². The second kappa shape index (κ2) is 8.37. The molecule has 4 aromatic carbocycles. The number of benzene rings is 4. The SMILES string of the molecule is Fc1cc(Br)c(-c2cc3cc(Br)c(-c4cc(F)c(F)cc4Br)cc3cc2Br)cc1F. The summed E-state index contributed by atoms with van der Waals surface area (Å²) in [6, 6.07) is 11.8. The fourth-order valence-electron chi connectivity index (χ4n) is 3.16. The van der Waals surface area contributed by atoms with E-state index in [-0.39, 0.29) is 0 Å². The van der Waals surface area contributed by atoms with Crippen LogP contribution in [0.4, 0.5) is 17.6 Å². The van der Waals surface area contributed by atoms with Gasteiger partial charge in [0, 0.05) is 29.0 Å². The largest absolute Gasteiger partial charge is 0.204 e. The van der Waals surface area contributed by atoms with Gasteiger partial charge in [-0.05, 0) is 70.4 Å². The Labute approximate surface area is 202 Å². The molecule has 152 valence electrons. The first kappa shape index (κ1) is 22.0. The minimum absolute atomic E-state index is 0.419. The zero-order chi connectivity index (χ0) is 21.7. The van der Waals surface area contributed by atoms with Gasteiger partial charge in [0.1, 0.15) is 0 Å². The molecule has 0 spiro atoms. The Kier molecular flexibility index (Phi) is 6.14. The van der Waals surface area contributed by atoms with Crippen LogP contribution in [0.1, 0.15) is 0 Å². The van der Waals surface area contributed by atoms with Crippen molar-refractivity contribution in [3.05, 3.63) is 89.7 Å². The van der Waals surface area contributed by atoms with E-state index in [0.717, 1.165) is 35.0 Å². The van der Waals surface area contributed by atoms with Gasteiger partial charge in [-0.1, -0.05) is 63.7 Å². The highest BCUT2D eigenvalue weighted by Gasteiger charge is 2.16. The van der Waals surface area contributed by atoms with E-state index in [2.05, 4.69) is 63.7 Å². The third kappa shape index (κ3) is 3.99. The Morgan fingerprint density at radius 2 is 0.633 bits per heavy atom. The topological polar surface area (TPSA) is 0 Å². The average molecular weight is 668 g/mol. The molecule has 0 aliphatic heterocycles. The molecule has 0 atom stereocenters. The van der Waals surface area contributed by atoms with Crippen molar-refractivity contribution in [1.82, 2.24) is 0 Å². The van der Waals surface area contributed by atoms with Crippen molar-refractivity contribution in [2.24, 2.45) is 0 Å². The van der Waals surface area contributed by atoms with Crippen LogP contribution in [0, 0.1) is 23.3 Å². The van der Waals surface area contributed by atoms with Gasteiger partial charge in [0.2, 0.25) is 0 Å². The summed E-state index contributed by atoms with van der Waals surface area (Å²) >= 11 is 13.6. The molecule has 0 bridgehead atoms. The molecule has 0 saturated heterocycles. The Hall–Kier alpha value is -1.22. The Balaban J connectivity index is 1.92. The van der Waals surface area contributed by atoms with Crippen LogP contribution in [0.3, 0.4) is 0 Å². The first-order valence-corrected chi connectivity index (χ1v) is 11.6. The molecule has 4 rings (SSSR count). The van der Waals surface area contributed by atoms with Crippen LogP contribution in [-0.4, -0.2) is 0 Å². The number of halogens is 8. The summed E-state index contributed by atoms with van der Waals surface area (Å²) in [6.07, 6.45) is 0. The average Bonchev–Trinajstić information content (AvgIpc) is 2.67. The highest BCUT2D eigenvalue weighted by atomic mass is 79.9. The molecule has 0 saturated carbocycles. The van der Waals surface area contributed by atoms with Crippen LogP contribution >= 0.6 is 63.7 Å². The van der Waals surface area contributed by atoms with E-state index in [0.29, 0.717) is 40.1 Å². The lowest BCUT2D eigenvalue weighted by molar-refractivity contribution is 0.508. The molecular weight excluding hydrogens is 660 g/mol. The van der Waals surface area contributed by atoms with Crippen molar-refractivity contribution in [3.8, 4) is 22.3 Å². The molecule has 0 radical (unpaired) electrons. The lowest BCUT2D eigenvalue weighted by Crippen LogP contribution is -1.91. The molecule has 4 aromatic rings. The number of hydrogen-bond donors (Lipinski definition) is 0. The zero-order valence-electron chi connectivity index (χ0n) is 14.6. The maximum atomic E-state index is 13.8. The van der Waals surface area contributed by atoms with E-state index in [1.807, 2.05) is 24.3 Å². The molecule has 8 heteroatoms. The molecule has 0 N–H and O–H groups in total. The number of fused-ring (bicyclic) bond motifs is 1. The minimum atomic E-state index is -0.945. The van der Waals surface area contributed by atoms with Gasteiger partial charge in [0.25, 0.3) is 0 Å². The first-order chi connectivity index (χ1) is 14.2. The smallest absolute Gasteiger partial charge is 0.159 e. The molecule has 0 fully saturated rings. The van der Waals surface area contributed by atoms with E-state index in [9.17, 15) is 17.6 Å². The Morgan fingerprint density at radius 3 is 1.00 bits per heavy atom. The van der Waals surface area contributed by atoms with Crippen molar-refractivity contribution >= 4 is 74.5 Å². The van der Waals surface area contributed by atoms with Crippen molar-refractivity contribution in [3.63, 3.8) is 0 Å². The highest BCUT2D eigenvalue weighted by Crippen LogP contribution is 2.41. The van der Waals surface area contributed by atoms with Crippen LogP contribution in [0.25, 0.3) is 33.0 Å². The molecule has 30 heavy (non-hydrogen) atoms. The van der Waals surface area contributed by atoms with Crippen LogP contribution < -0.4 is 0 Å². The molecule has 0 unspecified atom stereocenters. The van der Waals surface area contributed by atoms with Gasteiger partial charge in [-0.2, -0.15) is 0 Å². The maximum Gasteiger partial charge on any atom is 0.159 e. The van der Waals surface area contributed by atoms with Gasteiger partial charge in [-0.3, -0.25) is 0 Å². The molecule has 0 heterocycles. The molecule has 0 aliphatic carbocycles. The minimum Gasteiger partial charge on any atom is -0.204 e. The van der Waals surface area contributed by atoms with Crippen molar-refractivity contribution in [2.75, 3.05) is 0 Å². The van der Waals surface area contributed by atoms with E-state index >= 15 is 0 Å². The molecule has 0 aliphatic rings. The standard InChI is InChI=1S/C22H8Br4F4/c23-15-4-10-2-12(14-6-20(28)22(30)8-18(14)26)16(24)3-9(10)1-11(15)13-5-19(27)21(29)7-17(13)25/h1-8H. The van der Waals surface area contributed by atoms with Gasteiger partial charge < -0.3 is 0 Å². The van der Waals surface area contributed by atoms with Crippen molar-refractivity contribution in [1.29, 1.82) is 0 Å². The van der Waals surface area contributed by atoms with Crippen LogP contribution in [0.5, 0.6) is 0 Å². The lowest BCUT2D eigenvalue weighted by atomic mass is 9.97. The maximum absolute atomic E-state index is 13.8. The van der Waals surface area contributed by atoms with Gasteiger partial charge >= 0.3 is 0 Å². The van der Waals surface area contributed by atoms with Gasteiger partial charge in [-0.25, -0.2) is 17.6 Å². The predicted octanol–water partition coefficient (Wildman–Crippen LogP) is 9.78. The summed E-state index contributed by atoms with van der Waals surface area (Å²) in [5.74, 6) is -3.76. The van der Waals surface area contributed by atoms with Gasteiger partial charge in [0.15, 0.2) is 23.3 Å². The third-order valence-electron chi connectivity index (χ3n) is 4.61. The lowest BCUT2D eigenvalue weighted by Gasteiger charge is -2.13. The number of rotatable bonds is 2. The first-order valence-electron chi connectivity index (χ1n) is 8.38. The zero-order valence-corrected chi connectivity index (χ0v) is 21.0. The fraction of sp³-hybridized carbons (Fsp3) is 0. The fourth-order valence-corrected chi connectivity index (χ4v) is 5.37. The molecule has 0 nitrogen and oxygen atoms in total. The summed E-state index contributed by atoms with van der Waals surface area (Å²) in [5, 5.41) is 1.64. The quantitative estimate of drug-likeness (QED) is 0.148. The van der Waals surface area contributed by atoms with Crippen LogP contribution in [-0.2, 0) is 0 Å². The van der Waals surface area contributed by atoms with E-state index in [4.69, 9.17) is 0 Å². The summed E-state index contributed by atoms with van der Waals surface area (Å²) in [6.45, 7) is 0. The summed E-state index contributed by atoms with van der Waals surface area (Å²) in [5.41, 5.74) is 2.32. The molecular formula is C22H8Br4F4. The van der Waals surface area contributed by atoms with E-state index in [1.165, 1.54) is 0 Å². The normalized spacial score (nSPS) is 11.3. The van der Waals surface area contributed by atoms with Crippen LogP contribution in [0.15, 0.2) is 66.4 Å².